The summed E-state index contributed by atoms with van der Waals surface area (Å²) in [5.74, 6) is 2.36. The van der Waals surface area contributed by atoms with E-state index in [0.29, 0.717) is 63.1 Å². The zero-order chi connectivity index (χ0) is 52.6. The van der Waals surface area contributed by atoms with Crippen LogP contribution < -0.4 is 16.8 Å². The number of aromatic amines is 1. The van der Waals surface area contributed by atoms with Crippen molar-refractivity contribution in [2.24, 2.45) is 0 Å². The van der Waals surface area contributed by atoms with E-state index in [2.05, 4.69) is 30.9 Å². The molecule has 3 heterocycles. The minimum atomic E-state index is 0.409. The van der Waals surface area contributed by atoms with Crippen LogP contribution in [0.5, 0.6) is 0 Å². The molecule has 0 aliphatic heterocycles. The fourth-order valence-corrected chi connectivity index (χ4v) is 8.32. The number of benzene rings is 8. The number of nitrogens with one attached hydrogen (secondary N) is 2. The van der Waals surface area contributed by atoms with E-state index in [4.69, 9.17) is 109 Å². The van der Waals surface area contributed by atoms with Crippen LogP contribution in [0.1, 0.15) is 32.6 Å². The molecule has 6 N–H and O–H groups in total. The Balaban J connectivity index is 0.000000146. The molecule has 0 unspecified atom stereocenters. The molecule has 18 heteroatoms. The largest absolute Gasteiger partial charge is 0.369 e. The lowest BCUT2D eigenvalue weighted by Gasteiger charge is -2.12. The Hall–Kier alpha value is -6.44. The van der Waals surface area contributed by atoms with Gasteiger partial charge in [-0.15, -0.1) is 11.6 Å². The SMILES string of the molecule is ClCc1ccc(Cl)cc1.Clc1ccc(Cn2c(NCc3ccc(Cl)c(Cl)c3)nc3ccccc32)cc1.Nc1nc2ccccc2[nH]1.Nc1nc2ccccc2n1Cc1ccc(Cl)cc1.O=Cc1ccc(Cl)c(Cl)c1. The molecular formula is C56H45Cl8N9O. The Kier molecular flexibility index (Phi) is 20.3. The van der Waals surface area contributed by atoms with Crippen molar-refractivity contribution in [1.82, 2.24) is 29.1 Å². The Morgan fingerprint density at radius 2 is 0.959 bits per heavy atom. The van der Waals surface area contributed by atoms with E-state index in [9.17, 15) is 4.79 Å². The summed E-state index contributed by atoms with van der Waals surface area (Å²) in [7, 11) is 0. The average molecular weight is 1140 g/mol. The third-order valence-corrected chi connectivity index (χ3v) is 13.4. The fourth-order valence-electron chi connectivity index (χ4n) is 7.14. The van der Waals surface area contributed by atoms with Gasteiger partial charge in [-0.1, -0.05) is 166 Å². The van der Waals surface area contributed by atoms with E-state index in [1.165, 1.54) is 6.07 Å². The number of rotatable bonds is 9. The van der Waals surface area contributed by atoms with Crippen LogP contribution in [0.2, 0.25) is 35.2 Å². The van der Waals surface area contributed by atoms with Gasteiger partial charge in [-0.05, 0) is 119 Å². The second-order valence-corrected chi connectivity index (χ2v) is 19.3. The number of anilines is 3. The maximum atomic E-state index is 10.2. The highest BCUT2D eigenvalue weighted by atomic mass is 35.5. The molecule has 0 atom stereocenters. The highest BCUT2D eigenvalue weighted by molar-refractivity contribution is 6.42. The molecule has 0 aliphatic carbocycles. The van der Waals surface area contributed by atoms with Crippen molar-refractivity contribution in [1.29, 1.82) is 0 Å². The number of aldehydes is 1. The average Bonchev–Trinajstić information content (AvgIpc) is 4.08. The summed E-state index contributed by atoms with van der Waals surface area (Å²) in [6.07, 6.45) is 0.724. The number of nitrogen functional groups attached to an aromatic ring is 2. The summed E-state index contributed by atoms with van der Waals surface area (Å²) in [5, 5.41) is 7.61. The first-order valence-electron chi connectivity index (χ1n) is 22.5. The normalized spacial score (nSPS) is 10.5. The predicted molar refractivity (Wildman–Crippen MR) is 312 cm³/mol. The summed E-state index contributed by atoms with van der Waals surface area (Å²) in [6.45, 7) is 1.99. The number of nitrogens with two attached hydrogens (primary N) is 2. The summed E-state index contributed by atoms with van der Waals surface area (Å²) in [6, 6.07) is 57.2. The highest BCUT2D eigenvalue weighted by Crippen LogP contribution is 2.26. The van der Waals surface area contributed by atoms with Gasteiger partial charge in [-0.3, -0.25) is 4.79 Å². The minimum Gasteiger partial charge on any atom is -0.369 e. The maximum absolute atomic E-state index is 10.2. The molecule has 8 aromatic carbocycles. The van der Waals surface area contributed by atoms with E-state index in [-0.39, 0.29) is 0 Å². The van der Waals surface area contributed by atoms with E-state index in [1.54, 1.807) is 18.2 Å². The molecule has 74 heavy (non-hydrogen) atoms. The molecule has 0 amide bonds. The molecule has 0 radical (unpaired) electrons. The van der Waals surface area contributed by atoms with E-state index in [0.717, 1.165) is 82.7 Å². The van der Waals surface area contributed by atoms with E-state index < -0.39 is 0 Å². The van der Waals surface area contributed by atoms with Crippen molar-refractivity contribution in [3.05, 3.63) is 245 Å². The zero-order valence-corrected chi connectivity index (χ0v) is 45.1. The standard InChI is InChI=1S/C21H16Cl3N3.C14H12ClN3.C7H4Cl2O.C7H6Cl2.C7H7N3/c22-16-8-5-14(6-9-16)13-27-20-4-2-1-3-19(20)26-21(27)25-12-15-7-10-17(23)18(24)11-15;15-11-7-5-10(6-8-11)9-18-13-4-2-1-3-12(13)17-14(18)16;8-6-2-1-5(4-10)3-7(6)9;8-5-6-1-3-7(9)4-2-6;8-7-9-5-3-1-2-4-6(5)10-7/h1-11H,12-13H2,(H,25,26);1-8H,9H2,(H2,16,17);1-4H;1-4H,5H2;1-4H,(H3,8,9,10). The van der Waals surface area contributed by atoms with Gasteiger partial charge in [-0.25, -0.2) is 15.0 Å². The number of carbonyl (C=O) groups excluding carboxylic acids is 1. The van der Waals surface area contributed by atoms with Gasteiger partial charge >= 0.3 is 0 Å². The molecule has 3 aromatic heterocycles. The number of nitrogens with zero attached hydrogens (tertiary/aromatic N) is 5. The smallest absolute Gasteiger partial charge is 0.204 e. The zero-order valence-electron chi connectivity index (χ0n) is 39.0. The Labute approximate surface area is 467 Å². The molecule has 11 rings (SSSR count). The van der Waals surface area contributed by atoms with Crippen molar-refractivity contribution in [2.75, 3.05) is 16.8 Å². The first-order chi connectivity index (χ1) is 35.8. The maximum Gasteiger partial charge on any atom is 0.204 e. The first-order valence-corrected chi connectivity index (χ1v) is 25.7. The molecule has 0 saturated heterocycles. The number of imidazole rings is 3. The minimum absolute atomic E-state index is 0.409. The number of hydrogen-bond acceptors (Lipinski definition) is 7. The van der Waals surface area contributed by atoms with Gasteiger partial charge in [0.1, 0.15) is 6.29 Å². The number of H-pyrrole nitrogens is 1. The topological polar surface area (TPSA) is 145 Å². The third kappa shape index (κ3) is 15.8. The Morgan fingerprint density at radius 1 is 0.486 bits per heavy atom. The van der Waals surface area contributed by atoms with E-state index in [1.807, 2.05) is 156 Å². The lowest BCUT2D eigenvalue weighted by molar-refractivity contribution is 0.112. The van der Waals surface area contributed by atoms with Gasteiger partial charge in [0.25, 0.3) is 0 Å². The lowest BCUT2D eigenvalue weighted by atomic mass is 10.2. The van der Waals surface area contributed by atoms with Crippen molar-refractivity contribution in [3.8, 4) is 0 Å². The number of aromatic nitrogens is 6. The van der Waals surface area contributed by atoms with E-state index >= 15 is 0 Å². The molecule has 0 spiro atoms. The monoisotopic (exact) mass is 1140 g/mol. The Morgan fingerprint density at radius 3 is 1.50 bits per heavy atom. The van der Waals surface area contributed by atoms with Gasteiger partial charge in [0.2, 0.25) is 11.9 Å². The number of hydrogen-bond donors (Lipinski definition) is 4. The fraction of sp³-hybridized carbons (Fsp3) is 0.0714. The van der Waals surface area contributed by atoms with Crippen molar-refractivity contribution < 1.29 is 4.79 Å². The number of fused-ring (bicyclic) bond motifs is 3. The Bertz CT molecular complexity index is 3550. The van der Waals surface area contributed by atoms with Gasteiger partial charge < -0.3 is 30.9 Å². The molecular weight excluding hydrogens is 1100 g/mol. The molecule has 0 aliphatic rings. The summed E-state index contributed by atoms with van der Waals surface area (Å²) >= 11 is 46.4. The van der Waals surface area contributed by atoms with Gasteiger partial charge in [-0.2, -0.15) is 0 Å². The van der Waals surface area contributed by atoms with Crippen LogP contribution in [-0.4, -0.2) is 35.4 Å². The van der Waals surface area contributed by atoms with Crippen molar-refractivity contribution >= 4 is 150 Å². The second kappa shape index (κ2) is 27.2. The van der Waals surface area contributed by atoms with Crippen LogP contribution in [0.3, 0.4) is 0 Å². The molecule has 0 fully saturated rings. The van der Waals surface area contributed by atoms with Crippen LogP contribution in [0, 0.1) is 0 Å². The third-order valence-electron chi connectivity index (χ3n) is 10.8. The number of para-hydroxylation sites is 6. The second-order valence-electron chi connectivity index (χ2n) is 16.1. The first kappa shape index (κ1) is 55.3. The number of halogens is 8. The summed E-state index contributed by atoms with van der Waals surface area (Å²) < 4.78 is 4.16. The molecule has 0 saturated carbocycles. The van der Waals surface area contributed by atoms with Crippen LogP contribution in [0.4, 0.5) is 17.8 Å². The van der Waals surface area contributed by atoms with Crippen LogP contribution in [0.25, 0.3) is 33.1 Å². The van der Waals surface area contributed by atoms with Crippen LogP contribution in [0.15, 0.2) is 182 Å². The van der Waals surface area contributed by atoms with Crippen LogP contribution >= 0.6 is 92.8 Å². The van der Waals surface area contributed by atoms with Crippen LogP contribution in [-0.2, 0) is 25.5 Å². The summed E-state index contributed by atoms with van der Waals surface area (Å²) in [4.78, 5) is 26.2. The molecule has 10 nitrogen and oxygen atoms in total. The summed E-state index contributed by atoms with van der Waals surface area (Å²) in [5.41, 5.74) is 22.2. The lowest BCUT2D eigenvalue weighted by Crippen LogP contribution is -2.08. The molecule has 376 valence electrons. The van der Waals surface area contributed by atoms with Gasteiger partial charge in [0, 0.05) is 33.1 Å². The van der Waals surface area contributed by atoms with Gasteiger partial charge in [0.15, 0.2) is 5.95 Å². The highest BCUT2D eigenvalue weighted by Gasteiger charge is 2.12. The predicted octanol–water partition coefficient (Wildman–Crippen LogP) is 17.0. The quantitative estimate of drug-likeness (QED) is 0.0832. The van der Waals surface area contributed by atoms with Crippen molar-refractivity contribution in [3.63, 3.8) is 0 Å². The number of carbonyl (C=O) groups is 1. The number of alkyl halides is 1. The van der Waals surface area contributed by atoms with Gasteiger partial charge in [0.05, 0.1) is 66.3 Å². The molecule has 11 aromatic rings. The van der Waals surface area contributed by atoms with Crippen molar-refractivity contribution in [2.45, 2.75) is 25.5 Å². The molecule has 0 bridgehead atoms.